The van der Waals surface area contributed by atoms with Crippen molar-refractivity contribution < 1.29 is 4.74 Å². The van der Waals surface area contributed by atoms with E-state index in [0.717, 1.165) is 6.61 Å². The molecular formula is C14H30OS. The zero-order valence-electron chi connectivity index (χ0n) is 11.6. The van der Waals surface area contributed by atoms with Crippen LogP contribution in [0.15, 0.2) is 0 Å². The lowest BCUT2D eigenvalue weighted by Gasteiger charge is -2.18. The Balaban J connectivity index is 3.46. The first-order valence-corrected chi connectivity index (χ1v) is 7.28. The van der Waals surface area contributed by atoms with E-state index in [1.54, 1.807) is 0 Å². The number of rotatable bonds is 10. The van der Waals surface area contributed by atoms with E-state index in [4.69, 9.17) is 4.74 Å². The summed E-state index contributed by atoms with van der Waals surface area (Å²) in [5, 5.41) is 0. The van der Waals surface area contributed by atoms with Crippen molar-refractivity contribution in [1.29, 1.82) is 0 Å². The third kappa shape index (κ3) is 10.8. The average molecular weight is 246 g/mol. The number of hydrogen-bond donors (Lipinski definition) is 1. The fraction of sp³-hybridized carbons (Fsp3) is 1.00. The third-order valence-corrected chi connectivity index (χ3v) is 3.05. The predicted molar refractivity (Wildman–Crippen MR) is 76.5 cm³/mol. The number of thiol groups is 1. The van der Waals surface area contributed by atoms with Crippen LogP contribution in [0.4, 0.5) is 0 Å². The minimum absolute atomic E-state index is 0.197. The first kappa shape index (κ1) is 16.3. The van der Waals surface area contributed by atoms with Crippen molar-refractivity contribution in [3.63, 3.8) is 0 Å². The standard InChI is InChI=1S/C14H30OS/c1-5-10-13(15-6-2)11-8-7-9-12-14(3,4)16/h13,16H,5-12H2,1-4H3. The molecule has 0 fully saturated rings. The van der Waals surface area contributed by atoms with Gasteiger partial charge in [0.2, 0.25) is 0 Å². The summed E-state index contributed by atoms with van der Waals surface area (Å²) < 4.78 is 5.91. The Morgan fingerprint density at radius 3 is 2.25 bits per heavy atom. The predicted octanol–water partition coefficient (Wildman–Crippen LogP) is 4.85. The maximum absolute atomic E-state index is 5.71. The van der Waals surface area contributed by atoms with Gasteiger partial charge in [-0.1, -0.05) is 46.5 Å². The Bertz CT molecular complexity index is 145. The Morgan fingerprint density at radius 2 is 1.75 bits per heavy atom. The molecule has 0 aromatic heterocycles. The summed E-state index contributed by atoms with van der Waals surface area (Å²) in [7, 11) is 0. The highest BCUT2D eigenvalue weighted by molar-refractivity contribution is 7.81. The minimum Gasteiger partial charge on any atom is -0.379 e. The Kier molecular flexibility index (Phi) is 9.53. The molecule has 0 heterocycles. The molecule has 1 nitrogen and oxygen atoms in total. The van der Waals surface area contributed by atoms with Crippen LogP contribution in [0.1, 0.15) is 72.6 Å². The average Bonchev–Trinajstić information content (AvgIpc) is 2.16. The molecule has 0 aliphatic carbocycles. The van der Waals surface area contributed by atoms with E-state index in [-0.39, 0.29) is 4.75 Å². The molecule has 0 rings (SSSR count). The molecule has 2 heteroatoms. The van der Waals surface area contributed by atoms with Crippen LogP contribution in [-0.4, -0.2) is 17.5 Å². The van der Waals surface area contributed by atoms with E-state index in [1.165, 1.54) is 44.9 Å². The molecule has 1 unspecified atom stereocenters. The molecule has 1 atom stereocenters. The van der Waals surface area contributed by atoms with Gasteiger partial charge in [-0.15, -0.1) is 0 Å². The molecule has 0 N–H and O–H groups in total. The van der Waals surface area contributed by atoms with Gasteiger partial charge in [0, 0.05) is 11.4 Å². The first-order valence-electron chi connectivity index (χ1n) is 6.83. The fourth-order valence-corrected chi connectivity index (χ4v) is 2.13. The van der Waals surface area contributed by atoms with E-state index in [9.17, 15) is 0 Å². The molecule has 0 bridgehead atoms. The minimum atomic E-state index is 0.197. The van der Waals surface area contributed by atoms with Gasteiger partial charge in [-0.2, -0.15) is 12.6 Å². The molecule has 0 aliphatic heterocycles. The summed E-state index contributed by atoms with van der Waals surface area (Å²) in [5.41, 5.74) is 0. The number of ether oxygens (including phenoxy) is 1. The highest BCUT2D eigenvalue weighted by atomic mass is 32.1. The highest BCUT2D eigenvalue weighted by Gasteiger charge is 2.11. The molecule has 0 radical (unpaired) electrons. The summed E-state index contributed by atoms with van der Waals surface area (Å²) in [6.45, 7) is 9.56. The van der Waals surface area contributed by atoms with Gasteiger partial charge in [-0.3, -0.25) is 0 Å². The summed E-state index contributed by atoms with van der Waals surface area (Å²) in [6.07, 6.45) is 9.30. The van der Waals surface area contributed by atoms with Crippen LogP contribution in [0.25, 0.3) is 0 Å². The van der Waals surface area contributed by atoms with Crippen LogP contribution >= 0.6 is 12.6 Å². The van der Waals surface area contributed by atoms with Gasteiger partial charge in [0.25, 0.3) is 0 Å². The molecule has 0 amide bonds. The lowest BCUT2D eigenvalue weighted by Crippen LogP contribution is -2.13. The topological polar surface area (TPSA) is 9.23 Å². The van der Waals surface area contributed by atoms with Crippen LogP contribution in [0.5, 0.6) is 0 Å². The molecule has 0 aromatic carbocycles. The molecule has 0 spiro atoms. The Morgan fingerprint density at radius 1 is 1.06 bits per heavy atom. The van der Waals surface area contributed by atoms with Gasteiger partial charge in [0.1, 0.15) is 0 Å². The molecule has 0 saturated carbocycles. The summed E-state index contributed by atoms with van der Waals surface area (Å²) in [5.74, 6) is 0. The monoisotopic (exact) mass is 246 g/mol. The van der Waals surface area contributed by atoms with E-state index in [2.05, 4.69) is 40.3 Å². The fourth-order valence-electron chi connectivity index (χ4n) is 1.98. The van der Waals surface area contributed by atoms with E-state index < -0.39 is 0 Å². The van der Waals surface area contributed by atoms with Crippen molar-refractivity contribution in [2.75, 3.05) is 6.61 Å². The maximum Gasteiger partial charge on any atom is 0.0574 e. The normalized spacial score (nSPS) is 14.1. The van der Waals surface area contributed by atoms with Crippen molar-refractivity contribution in [3.8, 4) is 0 Å². The number of unbranched alkanes of at least 4 members (excludes halogenated alkanes) is 2. The van der Waals surface area contributed by atoms with Crippen molar-refractivity contribution in [3.05, 3.63) is 0 Å². The van der Waals surface area contributed by atoms with Crippen LogP contribution < -0.4 is 0 Å². The van der Waals surface area contributed by atoms with Crippen molar-refractivity contribution in [1.82, 2.24) is 0 Å². The van der Waals surface area contributed by atoms with E-state index >= 15 is 0 Å². The molecular weight excluding hydrogens is 216 g/mol. The van der Waals surface area contributed by atoms with Crippen molar-refractivity contribution >= 4 is 12.6 Å². The first-order chi connectivity index (χ1) is 7.49. The second-order valence-electron chi connectivity index (χ2n) is 5.28. The van der Waals surface area contributed by atoms with E-state index in [1.807, 2.05) is 0 Å². The summed E-state index contributed by atoms with van der Waals surface area (Å²) >= 11 is 4.54. The molecule has 16 heavy (non-hydrogen) atoms. The molecule has 0 aliphatic rings. The second kappa shape index (κ2) is 9.35. The van der Waals surface area contributed by atoms with Crippen LogP contribution in [0.2, 0.25) is 0 Å². The highest BCUT2D eigenvalue weighted by Crippen LogP contribution is 2.21. The molecule has 0 aromatic rings. The van der Waals surface area contributed by atoms with Gasteiger partial charge in [0.05, 0.1) is 6.10 Å². The molecule has 0 saturated heterocycles. The van der Waals surface area contributed by atoms with Gasteiger partial charge in [-0.05, 0) is 26.2 Å². The SMILES string of the molecule is CCCC(CCCCCC(C)(C)S)OCC. The van der Waals surface area contributed by atoms with Crippen LogP contribution in [-0.2, 0) is 4.74 Å². The summed E-state index contributed by atoms with van der Waals surface area (Å²) in [6, 6.07) is 0. The van der Waals surface area contributed by atoms with Gasteiger partial charge in [0.15, 0.2) is 0 Å². The van der Waals surface area contributed by atoms with Gasteiger partial charge < -0.3 is 4.74 Å². The Labute approximate surface area is 108 Å². The van der Waals surface area contributed by atoms with Crippen molar-refractivity contribution in [2.24, 2.45) is 0 Å². The maximum atomic E-state index is 5.71. The van der Waals surface area contributed by atoms with Crippen LogP contribution in [0.3, 0.4) is 0 Å². The van der Waals surface area contributed by atoms with E-state index in [0.29, 0.717) is 6.10 Å². The molecule has 98 valence electrons. The lowest BCUT2D eigenvalue weighted by atomic mass is 10.0. The Hall–Kier alpha value is 0.310. The van der Waals surface area contributed by atoms with Crippen LogP contribution in [0, 0.1) is 0 Å². The zero-order chi connectivity index (χ0) is 12.4. The van der Waals surface area contributed by atoms with Gasteiger partial charge >= 0.3 is 0 Å². The summed E-state index contributed by atoms with van der Waals surface area (Å²) in [4.78, 5) is 0. The quantitative estimate of drug-likeness (QED) is 0.428. The number of hydrogen-bond acceptors (Lipinski definition) is 2. The van der Waals surface area contributed by atoms with Crippen molar-refractivity contribution in [2.45, 2.75) is 83.5 Å². The van der Waals surface area contributed by atoms with Gasteiger partial charge in [-0.25, -0.2) is 0 Å². The lowest BCUT2D eigenvalue weighted by molar-refractivity contribution is 0.0483. The second-order valence-corrected chi connectivity index (χ2v) is 6.49. The smallest absolute Gasteiger partial charge is 0.0574 e. The zero-order valence-corrected chi connectivity index (χ0v) is 12.5. The third-order valence-electron chi connectivity index (χ3n) is 2.83. The largest absolute Gasteiger partial charge is 0.379 e.